The maximum atomic E-state index is 12.3. The van der Waals surface area contributed by atoms with Crippen molar-refractivity contribution in [2.45, 2.75) is 27.1 Å². The number of anilines is 1. The number of aryl methyl sites for hydroxylation is 2. The van der Waals surface area contributed by atoms with Gasteiger partial charge in [-0.1, -0.05) is 0 Å². The van der Waals surface area contributed by atoms with Crippen molar-refractivity contribution in [3.05, 3.63) is 41.2 Å². The lowest BCUT2D eigenvalue weighted by Gasteiger charge is -2.12. The predicted octanol–water partition coefficient (Wildman–Crippen LogP) is 3.64. The van der Waals surface area contributed by atoms with Gasteiger partial charge in [0.15, 0.2) is 0 Å². The molecule has 9 heteroatoms. The van der Waals surface area contributed by atoms with Crippen molar-refractivity contribution in [2.75, 3.05) is 11.9 Å². The quantitative estimate of drug-likeness (QED) is 0.886. The second-order valence-corrected chi connectivity index (χ2v) is 5.01. The summed E-state index contributed by atoms with van der Waals surface area (Å²) >= 11 is 0. The summed E-state index contributed by atoms with van der Waals surface area (Å²) in [4.78, 5) is 20.5. The molecule has 0 unspecified atom stereocenters. The lowest BCUT2D eigenvalue weighted by Crippen LogP contribution is -2.18. The standard InChI is InChI=1S/C16H16F3N3O3/c1-4-24-15-20-9(2)13(10(3)21-15)22-14(23)11-5-7-12(8-6-11)25-16(17,18)19/h5-8H,4H2,1-3H3,(H,22,23). The zero-order chi connectivity index (χ0) is 18.6. The van der Waals surface area contributed by atoms with Crippen LogP contribution >= 0.6 is 0 Å². The van der Waals surface area contributed by atoms with Gasteiger partial charge in [-0.15, -0.1) is 13.2 Å². The van der Waals surface area contributed by atoms with Crippen molar-refractivity contribution >= 4 is 11.6 Å². The van der Waals surface area contributed by atoms with Crippen molar-refractivity contribution in [1.29, 1.82) is 0 Å². The number of benzene rings is 1. The number of halogens is 3. The summed E-state index contributed by atoms with van der Waals surface area (Å²) in [6, 6.07) is 4.81. The summed E-state index contributed by atoms with van der Waals surface area (Å²) in [7, 11) is 0. The van der Waals surface area contributed by atoms with E-state index in [1.807, 2.05) is 0 Å². The number of ether oxygens (including phenoxy) is 2. The molecule has 1 amide bonds. The molecule has 0 saturated carbocycles. The smallest absolute Gasteiger partial charge is 0.464 e. The van der Waals surface area contributed by atoms with E-state index in [0.717, 1.165) is 12.1 Å². The van der Waals surface area contributed by atoms with Crippen LogP contribution in [-0.4, -0.2) is 28.8 Å². The molecule has 1 aromatic carbocycles. The third-order valence-electron chi connectivity index (χ3n) is 3.11. The van der Waals surface area contributed by atoms with Crippen LogP contribution in [0.4, 0.5) is 18.9 Å². The molecule has 0 aliphatic heterocycles. The number of hydrogen-bond acceptors (Lipinski definition) is 5. The second kappa shape index (κ2) is 7.37. The van der Waals surface area contributed by atoms with Gasteiger partial charge >= 0.3 is 12.4 Å². The molecular formula is C16H16F3N3O3. The van der Waals surface area contributed by atoms with E-state index in [1.54, 1.807) is 20.8 Å². The van der Waals surface area contributed by atoms with E-state index in [1.165, 1.54) is 12.1 Å². The highest BCUT2D eigenvalue weighted by Crippen LogP contribution is 2.24. The van der Waals surface area contributed by atoms with Gasteiger partial charge in [-0.2, -0.15) is 9.97 Å². The highest BCUT2D eigenvalue weighted by molar-refractivity contribution is 6.04. The van der Waals surface area contributed by atoms with Gasteiger partial charge in [-0.25, -0.2) is 0 Å². The molecule has 134 valence electrons. The van der Waals surface area contributed by atoms with E-state index >= 15 is 0 Å². The van der Waals surface area contributed by atoms with Crippen molar-refractivity contribution < 1.29 is 27.4 Å². The normalized spacial score (nSPS) is 11.1. The average Bonchev–Trinajstić information content (AvgIpc) is 2.50. The minimum Gasteiger partial charge on any atom is -0.464 e. The lowest BCUT2D eigenvalue weighted by molar-refractivity contribution is -0.274. The number of nitrogens with one attached hydrogen (secondary N) is 1. The topological polar surface area (TPSA) is 73.3 Å². The first-order valence-corrected chi connectivity index (χ1v) is 7.35. The Labute approximate surface area is 142 Å². The van der Waals surface area contributed by atoms with Crippen LogP contribution in [0.15, 0.2) is 24.3 Å². The molecule has 0 radical (unpaired) electrons. The summed E-state index contributed by atoms with van der Waals surface area (Å²) < 4.78 is 45.4. The van der Waals surface area contributed by atoms with E-state index in [2.05, 4.69) is 20.0 Å². The number of nitrogens with zero attached hydrogens (tertiary/aromatic N) is 2. The number of hydrogen-bond donors (Lipinski definition) is 1. The third kappa shape index (κ3) is 5.07. The molecular weight excluding hydrogens is 339 g/mol. The maximum Gasteiger partial charge on any atom is 0.573 e. The Morgan fingerprint density at radius 3 is 2.16 bits per heavy atom. The first-order valence-electron chi connectivity index (χ1n) is 7.35. The summed E-state index contributed by atoms with van der Waals surface area (Å²) in [6.07, 6.45) is -4.78. The van der Waals surface area contributed by atoms with Crippen molar-refractivity contribution in [3.8, 4) is 11.8 Å². The number of carbonyl (C=O) groups is 1. The van der Waals surface area contributed by atoms with Gasteiger partial charge in [0, 0.05) is 5.56 Å². The Morgan fingerprint density at radius 1 is 1.12 bits per heavy atom. The SMILES string of the molecule is CCOc1nc(C)c(NC(=O)c2ccc(OC(F)(F)F)cc2)c(C)n1. The summed E-state index contributed by atoms with van der Waals surface area (Å²) in [5, 5.41) is 2.65. The number of aromatic nitrogens is 2. The molecule has 1 N–H and O–H groups in total. The summed E-state index contributed by atoms with van der Waals surface area (Å²) in [5.41, 5.74) is 1.62. The van der Waals surface area contributed by atoms with E-state index in [0.29, 0.717) is 23.7 Å². The molecule has 0 bridgehead atoms. The van der Waals surface area contributed by atoms with E-state index in [4.69, 9.17) is 4.74 Å². The van der Waals surface area contributed by atoms with Crippen LogP contribution in [0, 0.1) is 13.8 Å². The van der Waals surface area contributed by atoms with E-state index < -0.39 is 18.0 Å². The van der Waals surface area contributed by atoms with Crippen LogP contribution in [0.2, 0.25) is 0 Å². The molecule has 25 heavy (non-hydrogen) atoms. The van der Waals surface area contributed by atoms with E-state index in [-0.39, 0.29) is 11.6 Å². The molecule has 6 nitrogen and oxygen atoms in total. The average molecular weight is 355 g/mol. The molecule has 0 spiro atoms. The Balaban J connectivity index is 2.14. The molecule has 2 rings (SSSR count). The number of rotatable bonds is 5. The van der Waals surface area contributed by atoms with E-state index in [9.17, 15) is 18.0 Å². The fourth-order valence-electron chi connectivity index (χ4n) is 2.05. The molecule has 0 aliphatic rings. The Bertz CT molecular complexity index is 738. The maximum absolute atomic E-state index is 12.3. The molecule has 0 aliphatic carbocycles. The summed E-state index contributed by atoms with van der Waals surface area (Å²) in [6.45, 7) is 5.59. The van der Waals surface area contributed by atoms with Crippen LogP contribution in [0.1, 0.15) is 28.7 Å². The third-order valence-corrected chi connectivity index (χ3v) is 3.11. The van der Waals surface area contributed by atoms with Gasteiger partial charge < -0.3 is 14.8 Å². The predicted molar refractivity (Wildman–Crippen MR) is 83.8 cm³/mol. The van der Waals surface area contributed by atoms with Crippen LogP contribution in [-0.2, 0) is 0 Å². The highest BCUT2D eigenvalue weighted by atomic mass is 19.4. The first kappa shape index (κ1) is 18.5. The first-order chi connectivity index (χ1) is 11.7. The van der Waals surface area contributed by atoms with Crippen LogP contribution in [0.3, 0.4) is 0 Å². The van der Waals surface area contributed by atoms with Crippen LogP contribution in [0.25, 0.3) is 0 Å². The Kier molecular flexibility index (Phi) is 5.45. The summed E-state index contributed by atoms with van der Waals surface area (Å²) in [5.74, 6) is -0.904. The number of amides is 1. The molecule has 0 saturated heterocycles. The second-order valence-electron chi connectivity index (χ2n) is 5.01. The van der Waals surface area contributed by atoms with Gasteiger partial charge in [0.1, 0.15) is 5.75 Å². The zero-order valence-corrected chi connectivity index (χ0v) is 13.8. The molecule has 0 fully saturated rings. The highest BCUT2D eigenvalue weighted by Gasteiger charge is 2.31. The minimum absolute atomic E-state index is 0.169. The van der Waals surface area contributed by atoms with Gasteiger partial charge in [-0.3, -0.25) is 4.79 Å². The lowest BCUT2D eigenvalue weighted by atomic mass is 10.2. The largest absolute Gasteiger partial charge is 0.573 e. The Hall–Kier alpha value is -2.84. The molecule has 1 heterocycles. The zero-order valence-electron chi connectivity index (χ0n) is 13.8. The number of alkyl halides is 3. The van der Waals surface area contributed by atoms with Gasteiger partial charge in [-0.05, 0) is 45.0 Å². The van der Waals surface area contributed by atoms with Gasteiger partial charge in [0.05, 0.1) is 23.7 Å². The van der Waals surface area contributed by atoms with Gasteiger partial charge in [0.25, 0.3) is 5.91 Å². The van der Waals surface area contributed by atoms with Crippen molar-refractivity contribution in [3.63, 3.8) is 0 Å². The molecule has 1 aromatic heterocycles. The monoisotopic (exact) mass is 355 g/mol. The van der Waals surface area contributed by atoms with Crippen molar-refractivity contribution in [2.24, 2.45) is 0 Å². The minimum atomic E-state index is -4.78. The van der Waals surface area contributed by atoms with Crippen LogP contribution < -0.4 is 14.8 Å². The number of carbonyl (C=O) groups excluding carboxylic acids is 1. The van der Waals surface area contributed by atoms with Gasteiger partial charge in [0.2, 0.25) is 0 Å². The Morgan fingerprint density at radius 2 is 1.68 bits per heavy atom. The fraction of sp³-hybridized carbons (Fsp3) is 0.312. The van der Waals surface area contributed by atoms with Crippen molar-refractivity contribution in [1.82, 2.24) is 9.97 Å². The molecule has 0 atom stereocenters. The van der Waals surface area contributed by atoms with Crippen LogP contribution in [0.5, 0.6) is 11.8 Å². The molecule has 2 aromatic rings. The fourth-order valence-corrected chi connectivity index (χ4v) is 2.05.